The monoisotopic (exact) mass is 551 g/mol. The van der Waals surface area contributed by atoms with Crippen LogP contribution in [-0.4, -0.2) is 77.2 Å². The molecule has 2 N–H and O–H groups in total. The van der Waals surface area contributed by atoms with Gasteiger partial charge < -0.3 is 30.1 Å². The highest BCUT2D eigenvalue weighted by molar-refractivity contribution is 6.02. The van der Waals surface area contributed by atoms with Crippen LogP contribution in [0, 0.1) is 11.3 Å². The Hall–Kier alpha value is -3.26. The number of nitrogens with one attached hydrogen (secondary N) is 2. The Bertz CT molecular complexity index is 1120. The van der Waals surface area contributed by atoms with E-state index < -0.39 is 0 Å². The number of amides is 2. The molecule has 2 aromatic rings. The Balaban J connectivity index is 1.74. The topological polar surface area (TPSA) is 77.1 Å². The zero-order valence-electron chi connectivity index (χ0n) is 25.5. The molecule has 0 aromatic heterocycles. The van der Waals surface area contributed by atoms with E-state index in [-0.39, 0.29) is 23.1 Å². The van der Waals surface area contributed by atoms with E-state index in [1.807, 2.05) is 50.5 Å². The highest BCUT2D eigenvalue weighted by Crippen LogP contribution is 2.31. The molecular formula is C32H49N5O3. The van der Waals surface area contributed by atoms with E-state index in [0.29, 0.717) is 24.2 Å². The van der Waals surface area contributed by atoms with Gasteiger partial charge in [0, 0.05) is 50.5 Å². The smallest absolute Gasteiger partial charge is 0.253 e. The second-order valence-electron chi connectivity index (χ2n) is 12.4. The Morgan fingerprint density at radius 1 is 1.00 bits per heavy atom. The minimum absolute atomic E-state index is 0.0211. The highest BCUT2D eigenvalue weighted by atomic mass is 16.5. The van der Waals surface area contributed by atoms with Crippen molar-refractivity contribution in [1.29, 1.82) is 0 Å². The lowest BCUT2D eigenvalue weighted by Gasteiger charge is -2.38. The molecule has 8 nitrogen and oxygen atoms in total. The third-order valence-corrected chi connectivity index (χ3v) is 7.13. The van der Waals surface area contributed by atoms with Crippen LogP contribution in [0.4, 0.5) is 17.1 Å². The molecule has 1 heterocycles. The van der Waals surface area contributed by atoms with Crippen molar-refractivity contribution in [3.05, 3.63) is 48.0 Å². The zero-order valence-corrected chi connectivity index (χ0v) is 25.5. The summed E-state index contributed by atoms with van der Waals surface area (Å²) in [5, 5.41) is 6.13. The predicted molar refractivity (Wildman–Crippen MR) is 166 cm³/mol. The molecule has 1 aliphatic heterocycles. The molecule has 0 saturated carbocycles. The van der Waals surface area contributed by atoms with Gasteiger partial charge >= 0.3 is 0 Å². The first-order valence-corrected chi connectivity index (χ1v) is 14.5. The SMILES string of the molecule is COc1ccccc1N1CCN(c2ccc(NC(=O)CC(C)CC(C)(C)C)cc2C(=O)NCCCN(C)C)CC1. The van der Waals surface area contributed by atoms with Gasteiger partial charge in [0.15, 0.2) is 0 Å². The van der Waals surface area contributed by atoms with Crippen LogP contribution in [0.2, 0.25) is 0 Å². The van der Waals surface area contributed by atoms with Crippen LogP contribution < -0.4 is 25.2 Å². The van der Waals surface area contributed by atoms with E-state index in [0.717, 1.165) is 62.7 Å². The van der Waals surface area contributed by atoms with Gasteiger partial charge in [-0.3, -0.25) is 9.59 Å². The number of carbonyl (C=O) groups is 2. The summed E-state index contributed by atoms with van der Waals surface area (Å²) in [6, 6.07) is 13.8. The summed E-state index contributed by atoms with van der Waals surface area (Å²) in [6.07, 6.45) is 2.30. The molecule has 0 bridgehead atoms. The molecule has 1 saturated heterocycles. The number of carbonyl (C=O) groups excluding carboxylic acids is 2. The maximum absolute atomic E-state index is 13.4. The molecule has 0 spiro atoms. The molecule has 0 radical (unpaired) electrons. The third kappa shape index (κ3) is 9.44. The molecule has 2 amide bonds. The fourth-order valence-corrected chi connectivity index (χ4v) is 5.49. The normalized spacial score (nSPS) is 14.7. The van der Waals surface area contributed by atoms with Crippen molar-refractivity contribution in [1.82, 2.24) is 10.2 Å². The van der Waals surface area contributed by atoms with E-state index in [1.54, 1.807) is 7.11 Å². The Morgan fingerprint density at radius 2 is 1.65 bits per heavy atom. The van der Waals surface area contributed by atoms with Gasteiger partial charge in [0.2, 0.25) is 5.91 Å². The van der Waals surface area contributed by atoms with Crippen molar-refractivity contribution < 1.29 is 14.3 Å². The summed E-state index contributed by atoms with van der Waals surface area (Å²) in [5.74, 6) is 1.01. The van der Waals surface area contributed by atoms with Gasteiger partial charge in [0.05, 0.1) is 18.4 Å². The maximum Gasteiger partial charge on any atom is 0.253 e. The molecule has 1 unspecified atom stereocenters. The lowest BCUT2D eigenvalue weighted by atomic mass is 9.84. The Kier molecular flexibility index (Phi) is 11.3. The van der Waals surface area contributed by atoms with Crippen molar-refractivity contribution in [3.8, 4) is 5.75 Å². The van der Waals surface area contributed by atoms with Crippen LogP contribution in [0.1, 0.15) is 57.3 Å². The summed E-state index contributed by atoms with van der Waals surface area (Å²) in [4.78, 5) is 32.9. The molecule has 1 fully saturated rings. The largest absolute Gasteiger partial charge is 0.495 e. The molecular weight excluding hydrogens is 502 g/mol. The van der Waals surface area contributed by atoms with E-state index >= 15 is 0 Å². The van der Waals surface area contributed by atoms with Crippen LogP contribution in [0.15, 0.2) is 42.5 Å². The number of methoxy groups -OCH3 is 1. The van der Waals surface area contributed by atoms with Crippen LogP contribution in [-0.2, 0) is 4.79 Å². The summed E-state index contributed by atoms with van der Waals surface area (Å²) < 4.78 is 5.57. The summed E-state index contributed by atoms with van der Waals surface area (Å²) >= 11 is 0. The van der Waals surface area contributed by atoms with E-state index in [2.05, 4.69) is 59.1 Å². The average Bonchev–Trinajstić information content (AvgIpc) is 2.89. The van der Waals surface area contributed by atoms with E-state index in [1.165, 1.54) is 0 Å². The number of piperazine rings is 1. The van der Waals surface area contributed by atoms with Gasteiger partial charge in [-0.05, 0) is 75.1 Å². The molecule has 40 heavy (non-hydrogen) atoms. The van der Waals surface area contributed by atoms with Crippen molar-refractivity contribution in [3.63, 3.8) is 0 Å². The number of ether oxygens (including phenoxy) is 1. The maximum atomic E-state index is 13.4. The first kappa shape index (κ1) is 31.3. The van der Waals surface area contributed by atoms with Gasteiger partial charge in [0.1, 0.15) is 5.75 Å². The third-order valence-electron chi connectivity index (χ3n) is 7.13. The number of hydrogen-bond acceptors (Lipinski definition) is 6. The first-order chi connectivity index (χ1) is 19.0. The molecule has 1 aliphatic rings. The quantitative estimate of drug-likeness (QED) is 0.357. The van der Waals surface area contributed by atoms with Gasteiger partial charge in [-0.15, -0.1) is 0 Å². The van der Waals surface area contributed by atoms with E-state index in [9.17, 15) is 9.59 Å². The first-order valence-electron chi connectivity index (χ1n) is 14.5. The van der Waals surface area contributed by atoms with Gasteiger partial charge in [-0.25, -0.2) is 0 Å². The van der Waals surface area contributed by atoms with Crippen LogP contribution in [0.5, 0.6) is 5.75 Å². The Labute approximate surface area is 241 Å². The second kappa shape index (κ2) is 14.4. The van der Waals surface area contributed by atoms with Crippen LogP contribution in [0.3, 0.4) is 0 Å². The fourth-order valence-electron chi connectivity index (χ4n) is 5.49. The molecule has 220 valence electrons. The van der Waals surface area contributed by atoms with Gasteiger partial charge in [-0.2, -0.15) is 0 Å². The molecule has 8 heteroatoms. The van der Waals surface area contributed by atoms with Gasteiger partial charge in [0.25, 0.3) is 5.91 Å². The standard InChI is InChI=1S/C32H49N5O3/c1-24(23-32(2,3)4)21-30(38)34-25-13-14-27(26(22-25)31(39)33-15-10-16-35(5)6)36-17-19-37(20-18-36)28-11-8-9-12-29(28)40-7/h8-9,11-14,22,24H,10,15-21,23H2,1-7H3,(H,33,39)(H,34,38). The number of anilines is 3. The minimum Gasteiger partial charge on any atom is -0.495 e. The number of para-hydroxylation sites is 2. The number of nitrogens with zero attached hydrogens (tertiary/aromatic N) is 3. The fraction of sp³-hybridized carbons (Fsp3) is 0.562. The van der Waals surface area contributed by atoms with Crippen molar-refractivity contribution in [2.24, 2.45) is 11.3 Å². The second-order valence-corrected chi connectivity index (χ2v) is 12.4. The minimum atomic E-state index is -0.113. The average molecular weight is 552 g/mol. The lowest BCUT2D eigenvalue weighted by molar-refractivity contribution is -0.117. The molecule has 1 atom stereocenters. The van der Waals surface area contributed by atoms with Crippen LogP contribution >= 0.6 is 0 Å². The molecule has 2 aromatic carbocycles. The van der Waals surface area contributed by atoms with Crippen LogP contribution in [0.25, 0.3) is 0 Å². The molecule has 0 aliphatic carbocycles. The zero-order chi connectivity index (χ0) is 29.3. The van der Waals surface area contributed by atoms with E-state index in [4.69, 9.17) is 4.74 Å². The van der Waals surface area contributed by atoms with Crippen molar-refractivity contribution >= 4 is 28.9 Å². The predicted octanol–water partition coefficient (Wildman–Crippen LogP) is 5.10. The Morgan fingerprint density at radius 3 is 2.27 bits per heavy atom. The van der Waals surface area contributed by atoms with Crippen molar-refractivity contribution in [2.45, 2.75) is 47.0 Å². The number of rotatable bonds is 12. The summed E-state index contributed by atoms with van der Waals surface area (Å²) in [6.45, 7) is 13.4. The summed E-state index contributed by atoms with van der Waals surface area (Å²) in [7, 11) is 5.75. The molecule has 3 rings (SSSR count). The van der Waals surface area contributed by atoms with Crippen molar-refractivity contribution in [2.75, 3.05) is 75.6 Å². The highest BCUT2D eigenvalue weighted by Gasteiger charge is 2.24. The summed E-state index contributed by atoms with van der Waals surface area (Å²) in [5.41, 5.74) is 3.40. The number of benzene rings is 2. The van der Waals surface area contributed by atoms with Gasteiger partial charge in [-0.1, -0.05) is 39.8 Å². The lowest BCUT2D eigenvalue weighted by Crippen LogP contribution is -2.47. The number of hydrogen-bond donors (Lipinski definition) is 2.